The van der Waals surface area contributed by atoms with Crippen molar-refractivity contribution in [3.63, 3.8) is 0 Å². The van der Waals surface area contributed by atoms with Crippen molar-refractivity contribution in [2.45, 2.75) is 52.7 Å². The molecule has 0 spiro atoms. The SMILES string of the molecule is Cc1oc(C(C)(C)C)cc1CNCc1nnc2n1CCNC2=O. The summed E-state index contributed by atoms with van der Waals surface area (Å²) in [5.41, 5.74) is 1.15. The Bertz CT molecular complexity index is 723. The summed E-state index contributed by atoms with van der Waals surface area (Å²) < 4.78 is 7.72. The van der Waals surface area contributed by atoms with Crippen molar-refractivity contribution >= 4 is 5.91 Å². The summed E-state index contributed by atoms with van der Waals surface area (Å²) in [6.45, 7) is 11.0. The summed E-state index contributed by atoms with van der Waals surface area (Å²) in [5.74, 6) is 2.94. The van der Waals surface area contributed by atoms with Crippen LogP contribution >= 0.6 is 0 Å². The molecule has 3 rings (SSSR count). The molecule has 0 radical (unpaired) electrons. The van der Waals surface area contributed by atoms with E-state index in [1.807, 2.05) is 11.5 Å². The molecule has 2 aromatic heterocycles. The Morgan fingerprint density at radius 2 is 2.13 bits per heavy atom. The van der Waals surface area contributed by atoms with Gasteiger partial charge in [-0.1, -0.05) is 20.8 Å². The van der Waals surface area contributed by atoms with Crippen LogP contribution in [0.4, 0.5) is 0 Å². The molecule has 0 aliphatic carbocycles. The van der Waals surface area contributed by atoms with E-state index in [1.54, 1.807) is 0 Å². The van der Waals surface area contributed by atoms with Crippen molar-refractivity contribution in [1.29, 1.82) is 0 Å². The lowest BCUT2D eigenvalue weighted by molar-refractivity contribution is 0.0921. The van der Waals surface area contributed by atoms with E-state index in [-0.39, 0.29) is 11.3 Å². The van der Waals surface area contributed by atoms with Crippen molar-refractivity contribution in [3.8, 4) is 0 Å². The Kier molecular flexibility index (Phi) is 3.97. The van der Waals surface area contributed by atoms with E-state index in [2.05, 4.69) is 47.7 Å². The summed E-state index contributed by atoms with van der Waals surface area (Å²) in [7, 11) is 0. The van der Waals surface area contributed by atoms with Crippen molar-refractivity contribution < 1.29 is 9.21 Å². The monoisotopic (exact) mass is 317 g/mol. The van der Waals surface area contributed by atoms with Gasteiger partial charge in [-0.25, -0.2) is 0 Å². The van der Waals surface area contributed by atoms with Gasteiger partial charge in [0.05, 0.1) is 6.54 Å². The molecule has 1 aliphatic heterocycles. The summed E-state index contributed by atoms with van der Waals surface area (Å²) in [6, 6.07) is 2.11. The highest BCUT2D eigenvalue weighted by molar-refractivity contribution is 5.91. The Hall–Kier alpha value is -2.15. The van der Waals surface area contributed by atoms with Gasteiger partial charge in [0.2, 0.25) is 5.82 Å². The quantitative estimate of drug-likeness (QED) is 0.893. The van der Waals surface area contributed by atoms with Crippen LogP contribution in [0, 0.1) is 6.92 Å². The highest BCUT2D eigenvalue weighted by Crippen LogP contribution is 2.26. The Labute approximate surface area is 135 Å². The highest BCUT2D eigenvalue weighted by Gasteiger charge is 2.22. The zero-order chi connectivity index (χ0) is 16.6. The first-order chi connectivity index (χ1) is 10.9. The predicted molar refractivity (Wildman–Crippen MR) is 85.0 cm³/mol. The number of nitrogens with zero attached hydrogens (tertiary/aromatic N) is 3. The molecule has 0 bridgehead atoms. The summed E-state index contributed by atoms with van der Waals surface area (Å²) in [6.07, 6.45) is 0. The fourth-order valence-electron chi connectivity index (χ4n) is 2.60. The van der Waals surface area contributed by atoms with Crippen molar-refractivity contribution in [3.05, 3.63) is 34.8 Å². The first-order valence-electron chi connectivity index (χ1n) is 7.87. The van der Waals surface area contributed by atoms with E-state index in [0.717, 1.165) is 22.9 Å². The maximum atomic E-state index is 11.7. The predicted octanol–water partition coefficient (Wildman–Crippen LogP) is 1.51. The third-order valence-corrected chi connectivity index (χ3v) is 4.01. The molecule has 7 heteroatoms. The summed E-state index contributed by atoms with van der Waals surface area (Å²) in [5, 5.41) is 14.2. The molecule has 3 heterocycles. The number of aromatic nitrogens is 3. The lowest BCUT2D eigenvalue weighted by Gasteiger charge is -2.15. The first kappa shape index (κ1) is 15.7. The zero-order valence-electron chi connectivity index (χ0n) is 14.1. The average Bonchev–Trinajstić information content (AvgIpc) is 3.04. The number of carbonyl (C=O) groups is 1. The van der Waals surface area contributed by atoms with Gasteiger partial charge < -0.3 is 19.6 Å². The van der Waals surface area contributed by atoms with E-state index in [0.29, 0.717) is 32.0 Å². The minimum absolute atomic E-state index is 0.00243. The van der Waals surface area contributed by atoms with Crippen molar-refractivity contribution in [2.24, 2.45) is 0 Å². The minimum Gasteiger partial charge on any atom is -0.465 e. The molecule has 0 aromatic carbocycles. The molecule has 0 saturated carbocycles. The second-order valence-electron chi connectivity index (χ2n) is 6.89. The van der Waals surface area contributed by atoms with Gasteiger partial charge >= 0.3 is 0 Å². The smallest absolute Gasteiger partial charge is 0.289 e. The number of rotatable bonds is 4. The second-order valence-corrected chi connectivity index (χ2v) is 6.89. The lowest BCUT2D eigenvalue weighted by atomic mass is 9.93. The Balaban J connectivity index is 1.65. The molecular weight excluding hydrogens is 294 g/mol. The first-order valence-corrected chi connectivity index (χ1v) is 7.87. The van der Waals surface area contributed by atoms with Gasteiger partial charge in [0.1, 0.15) is 17.3 Å². The van der Waals surface area contributed by atoms with Gasteiger partial charge in [-0.3, -0.25) is 4.79 Å². The van der Waals surface area contributed by atoms with E-state index >= 15 is 0 Å². The van der Waals surface area contributed by atoms with Crippen LogP contribution in [0.3, 0.4) is 0 Å². The maximum absolute atomic E-state index is 11.7. The molecular formula is C16H23N5O2. The van der Waals surface area contributed by atoms with Gasteiger partial charge in [-0.15, -0.1) is 10.2 Å². The molecule has 7 nitrogen and oxygen atoms in total. The van der Waals surface area contributed by atoms with Gasteiger partial charge in [-0.2, -0.15) is 0 Å². The van der Waals surface area contributed by atoms with Crippen LogP contribution < -0.4 is 10.6 Å². The topological polar surface area (TPSA) is 85.0 Å². The minimum atomic E-state index is -0.157. The van der Waals surface area contributed by atoms with Gasteiger partial charge in [0, 0.05) is 30.6 Å². The Morgan fingerprint density at radius 1 is 1.35 bits per heavy atom. The van der Waals surface area contributed by atoms with Gasteiger partial charge in [0.15, 0.2) is 0 Å². The van der Waals surface area contributed by atoms with Crippen molar-refractivity contribution in [1.82, 2.24) is 25.4 Å². The van der Waals surface area contributed by atoms with Crippen LogP contribution in [0.2, 0.25) is 0 Å². The number of nitrogens with one attached hydrogen (secondary N) is 2. The molecule has 1 amide bonds. The summed E-state index contributed by atoms with van der Waals surface area (Å²) >= 11 is 0. The molecule has 0 fully saturated rings. The molecule has 0 unspecified atom stereocenters. The van der Waals surface area contributed by atoms with Crippen LogP contribution in [0.15, 0.2) is 10.5 Å². The normalized spacial score (nSPS) is 14.7. The number of amides is 1. The van der Waals surface area contributed by atoms with E-state index in [4.69, 9.17) is 4.42 Å². The van der Waals surface area contributed by atoms with Crippen LogP contribution in [-0.2, 0) is 25.0 Å². The fraction of sp³-hybridized carbons (Fsp3) is 0.562. The van der Waals surface area contributed by atoms with Crippen LogP contribution in [0.5, 0.6) is 0 Å². The van der Waals surface area contributed by atoms with Crippen LogP contribution in [0.25, 0.3) is 0 Å². The molecule has 2 aromatic rings. The number of hydrogen-bond donors (Lipinski definition) is 2. The molecule has 23 heavy (non-hydrogen) atoms. The largest absolute Gasteiger partial charge is 0.465 e. The number of carbonyl (C=O) groups excluding carboxylic acids is 1. The average molecular weight is 317 g/mol. The number of hydrogen-bond acceptors (Lipinski definition) is 5. The molecule has 2 N–H and O–H groups in total. The van der Waals surface area contributed by atoms with Crippen LogP contribution in [-0.4, -0.2) is 27.2 Å². The maximum Gasteiger partial charge on any atom is 0.289 e. The fourth-order valence-corrected chi connectivity index (χ4v) is 2.60. The lowest BCUT2D eigenvalue weighted by Crippen LogP contribution is -2.36. The number of fused-ring (bicyclic) bond motifs is 1. The molecule has 124 valence electrons. The van der Waals surface area contributed by atoms with E-state index < -0.39 is 0 Å². The van der Waals surface area contributed by atoms with Crippen molar-refractivity contribution in [2.75, 3.05) is 6.54 Å². The Morgan fingerprint density at radius 3 is 2.83 bits per heavy atom. The van der Waals surface area contributed by atoms with E-state index in [1.165, 1.54) is 0 Å². The van der Waals surface area contributed by atoms with E-state index in [9.17, 15) is 4.79 Å². The second kappa shape index (κ2) is 5.81. The molecule has 0 atom stereocenters. The van der Waals surface area contributed by atoms with Crippen LogP contribution in [0.1, 0.15) is 54.3 Å². The molecule has 1 aliphatic rings. The standard InChI is InChI=1S/C16H23N5O2/c1-10-11(7-12(23-10)16(2,3)4)8-17-9-13-19-20-14-15(22)18-5-6-21(13)14/h7,17H,5-6,8-9H2,1-4H3,(H,18,22). The summed E-state index contributed by atoms with van der Waals surface area (Å²) in [4.78, 5) is 11.7. The zero-order valence-corrected chi connectivity index (χ0v) is 14.1. The number of aryl methyl sites for hydroxylation is 1. The van der Waals surface area contributed by atoms with Gasteiger partial charge in [-0.05, 0) is 13.0 Å². The molecule has 0 saturated heterocycles. The third kappa shape index (κ3) is 3.14. The number of furan rings is 1. The van der Waals surface area contributed by atoms with Gasteiger partial charge in [0.25, 0.3) is 5.91 Å². The highest BCUT2D eigenvalue weighted by atomic mass is 16.3. The third-order valence-electron chi connectivity index (χ3n) is 4.01.